The number of benzene rings is 5. The highest BCUT2D eigenvalue weighted by molar-refractivity contribution is 6.17. The lowest BCUT2D eigenvalue weighted by Crippen LogP contribution is -1.94. The van der Waals surface area contributed by atoms with Gasteiger partial charge in [-0.15, -0.1) is 0 Å². The normalized spacial score (nSPS) is 11.5. The molecule has 0 N–H and O–H groups in total. The third kappa shape index (κ3) is 3.35. The van der Waals surface area contributed by atoms with Crippen molar-refractivity contribution in [2.45, 2.75) is 0 Å². The second kappa shape index (κ2) is 8.69. The number of fused-ring (bicyclic) bond motifs is 6. The number of rotatable bonds is 3. The van der Waals surface area contributed by atoms with E-state index in [0.29, 0.717) is 5.56 Å². The van der Waals surface area contributed by atoms with Gasteiger partial charge in [0.1, 0.15) is 17.2 Å². The van der Waals surface area contributed by atoms with Crippen molar-refractivity contribution in [2.75, 3.05) is 0 Å². The predicted molar refractivity (Wildman–Crippen MR) is 161 cm³/mol. The van der Waals surface area contributed by atoms with E-state index >= 15 is 0 Å². The van der Waals surface area contributed by atoms with Crippen LogP contribution >= 0.6 is 0 Å². The molecule has 0 aliphatic carbocycles. The maximum atomic E-state index is 9.59. The summed E-state index contributed by atoms with van der Waals surface area (Å²) in [7, 11) is 0. The van der Waals surface area contributed by atoms with Gasteiger partial charge in [-0.3, -0.25) is 4.98 Å². The lowest BCUT2D eigenvalue weighted by Gasteiger charge is -2.11. The molecule has 4 heteroatoms. The molecule has 3 aromatic heterocycles. The quantitative estimate of drug-likeness (QED) is 0.237. The fraction of sp³-hybridized carbons (Fsp3) is 0. The first-order chi connectivity index (χ1) is 19.8. The molecule has 0 amide bonds. The maximum absolute atomic E-state index is 9.59. The molecule has 3 heterocycles. The standard InChI is InChI=1S/C36H21N3O/c37-21-26-22-38-16-15-28(26)25-9-5-7-23(17-25)24-8-6-10-27(18-24)39-33-13-3-1-11-29(33)31-20-36-32(19-34(31)39)30-12-2-4-14-35(30)40-36/h1-20,22H. The molecule has 0 aliphatic rings. The fourth-order valence-corrected chi connectivity index (χ4v) is 5.89. The van der Waals surface area contributed by atoms with Crippen LogP contribution in [-0.2, 0) is 0 Å². The van der Waals surface area contributed by atoms with E-state index in [1.54, 1.807) is 12.4 Å². The summed E-state index contributed by atoms with van der Waals surface area (Å²) in [6.07, 6.45) is 3.34. The zero-order valence-electron chi connectivity index (χ0n) is 21.4. The Morgan fingerprint density at radius 2 is 1.38 bits per heavy atom. The van der Waals surface area contributed by atoms with E-state index in [1.165, 1.54) is 5.39 Å². The summed E-state index contributed by atoms with van der Waals surface area (Å²) in [4.78, 5) is 4.11. The van der Waals surface area contributed by atoms with Gasteiger partial charge in [-0.05, 0) is 65.2 Å². The molecule has 186 valence electrons. The minimum atomic E-state index is 0.566. The van der Waals surface area contributed by atoms with Crippen LogP contribution in [0.2, 0.25) is 0 Å². The van der Waals surface area contributed by atoms with Crippen molar-refractivity contribution in [3.05, 3.63) is 133 Å². The summed E-state index contributed by atoms with van der Waals surface area (Å²) in [6.45, 7) is 0. The van der Waals surface area contributed by atoms with Crippen LogP contribution in [0.5, 0.6) is 0 Å². The zero-order valence-corrected chi connectivity index (χ0v) is 21.4. The monoisotopic (exact) mass is 511 g/mol. The van der Waals surface area contributed by atoms with E-state index in [9.17, 15) is 5.26 Å². The van der Waals surface area contributed by atoms with Crippen LogP contribution in [0.1, 0.15) is 5.56 Å². The summed E-state index contributed by atoms with van der Waals surface area (Å²) in [5.74, 6) is 0. The van der Waals surface area contributed by atoms with Crippen LogP contribution in [0.25, 0.3) is 71.7 Å². The van der Waals surface area contributed by atoms with Crippen LogP contribution in [-0.4, -0.2) is 9.55 Å². The second-order valence-electron chi connectivity index (χ2n) is 9.98. The molecule has 0 radical (unpaired) electrons. The van der Waals surface area contributed by atoms with Gasteiger partial charge in [-0.25, -0.2) is 0 Å². The van der Waals surface area contributed by atoms with Gasteiger partial charge in [-0.1, -0.05) is 66.7 Å². The highest BCUT2D eigenvalue weighted by Gasteiger charge is 2.16. The average molecular weight is 512 g/mol. The van der Waals surface area contributed by atoms with Gasteiger partial charge in [0.2, 0.25) is 0 Å². The Morgan fingerprint density at radius 1 is 0.600 bits per heavy atom. The molecular weight excluding hydrogens is 490 g/mol. The highest BCUT2D eigenvalue weighted by Crippen LogP contribution is 2.39. The largest absolute Gasteiger partial charge is 0.456 e. The number of para-hydroxylation sites is 2. The molecule has 0 atom stereocenters. The summed E-state index contributed by atoms with van der Waals surface area (Å²) in [5.41, 5.74) is 9.81. The average Bonchev–Trinajstić information content (AvgIpc) is 3.55. The van der Waals surface area contributed by atoms with Crippen molar-refractivity contribution in [1.82, 2.24) is 9.55 Å². The number of hydrogen-bond donors (Lipinski definition) is 0. The van der Waals surface area contributed by atoms with Crippen molar-refractivity contribution in [2.24, 2.45) is 0 Å². The van der Waals surface area contributed by atoms with Crippen LogP contribution < -0.4 is 0 Å². The Morgan fingerprint density at radius 3 is 2.27 bits per heavy atom. The van der Waals surface area contributed by atoms with Crippen LogP contribution in [0.4, 0.5) is 0 Å². The van der Waals surface area contributed by atoms with E-state index in [0.717, 1.165) is 66.3 Å². The van der Waals surface area contributed by atoms with E-state index in [1.807, 2.05) is 30.3 Å². The number of hydrogen-bond acceptors (Lipinski definition) is 3. The topological polar surface area (TPSA) is 54.8 Å². The molecule has 0 bridgehead atoms. The van der Waals surface area contributed by atoms with Crippen LogP contribution in [0, 0.1) is 11.3 Å². The van der Waals surface area contributed by atoms with Crippen LogP contribution in [0.15, 0.2) is 132 Å². The number of aromatic nitrogens is 2. The van der Waals surface area contributed by atoms with Crippen molar-refractivity contribution in [3.8, 4) is 34.0 Å². The molecule has 0 aliphatic heterocycles. The number of nitriles is 1. The van der Waals surface area contributed by atoms with E-state index in [4.69, 9.17) is 4.42 Å². The van der Waals surface area contributed by atoms with Gasteiger partial charge in [0, 0.05) is 45.2 Å². The Hall–Kier alpha value is -5.66. The molecule has 8 rings (SSSR count). The first kappa shape index (κ1) is 22.3. The van der Waals surface area contributed by atoms with Crippen molar-refractivity contribution in [3.63, 3.8) is 0 Å². The molecule has 5 aromatic carbocycles. The van der Waals surface area contributed by atoms with Crippen molar-refractivity contribution in [1.29, 1.82) is 5.26 Å². The molecule has 8 aromatic rings. The van der Waals surface area contributed by atoms with Gasteiger partial charge >= 0.3 is 0 Å². The highest BCUT2D eigenvalue weighted by atomic mass is 16.3. The first-order valence-corrected chi connectivity index (χ1v) is 13.2. The summed E-state index contributed by atoms with van der Waals surface area (Å²) < 4.78 is 8.58. The van der Waals surface area contributed by atoms with Gasteiger partial charge in [-0.2, -0.15) is 5.26 Å². The molecule has 4 nitrogen and oxygen atoms in total. The summed E-state index contributed by atoms with van der Waals surface area (Å²) in [6, 6.07) is 42.3. The number of pyridine rings is 1. The molecule has 40 heavy (non-hydrogen) atoms. The van der Waals surface area contributed by atoms with E-state index < -0.39 is 0 Å². The Labute approximate surface area is 230 Å². The van der Waals surface area contributed by atoms with E-state index in [2.05, 4.69) is 101 Å². The smallest absolute Gasteiger partial charge is 0.136 e. The van der Waals surface area contributed by atoms with Crippen molar-refractivity contribution >= 4 is 43.7 Å². The maximum Gasteiger partial charge on any atom is 0.136 e. The van der Waals surface area contributed by atoms with Gasteiger partial charge in [0.05, 0.1) is 16.6 Å². The number of nitrogens with zero attached hydrogens (tertiary/aromatic N) is 3. The first-order valence-electron chi connectivity index (χ1n) is 13.2. The predicted octanol–water partition coefficient (Wildman–Crippen LogP) is 9.28. The third-order valence-corrected chi connectivity index (χ3v) is 7.72. The molecule has 0 spiro atoms. The minimum absolute atomic E-state index is 0.566. The molecule has 0 unspecified atom stereocenters. The SMILES string of the molecule is N#Cc1cnccc1-c1cccc(-c2cccc(-n3c4ccccc4c4cc5oc6ccccc6c5cc43)c2)c1. The Bertz CT molecular complexity index is 2300. The molecule has 0 saturated carbocycles. The fourth-order valence-electron chi connectivity index (χ4n) is 5.89. The van der Waals surface area contributed by atoms with Gasteiger partial charge < -0.3 is 8.98 Å². The summed E-state index contributed by atoms with van der Waals surface area (Å²) >= 11 is 0. The van der Waals surface area contributed by atoms with Gasteiger partial charge in [0.15, 0.2) is 0 Å². The lowest BCUT2D eigenvalue weighted by atomic mass is 9.97. The lowest BCUT2D eigenvalue weighted by molar-refractivity contribution is 0.669. The Balaban J connectivity index is 1.34. The molecular formula is C36H21N3O. The number of furan rings is 1. The zero-order chi connectivity index (χ0) is 26.6. The van der Waals surface area contributed by atoms with Crippen molar-refractivity contribution < 1.29 is 4.42 Å². The third-order valence-electron chi connectivity index (χ3n) is 7.72. The molecule has 0 fully saturated rings. The summed E-state index contributed by atoms with van der Waals surface area (Å²) in [5, 5.41) is 14.2. The van der Waals surface area contributed by atoms with Gasteiger partial charge in [0.25, 0.3) is 0 Å². The Kier molecular flexibility index (Phi) is 4.85. The minimum Gasteiger partial charge on any atom is -0.456 e. The van der Waals surface area contributed by atoms with E-state index in [-0.39, 0.29) is 0 Å². The molecule has 0 saturated heterocycles. The second-order valence-corrected chi connectivity index (χ2v) is 9.98. The van der Waals surface area contributed by atoms with Crippen LogP contribution in [0.3, 0.4) is 0 Å².